The molecule has 0 unspecified atom stereocenters. The number of hydrogen-bond acceptors (Lipinski definition) is 4. The minimum absolute atomic E-state index is 0.0994. The number of hydrogen-bond donors (Lipinski definition) is 2. The summed E-state index contributed by atoms with van der Waals surface area (Å²) in [5, 5.41) is 6.00. The van der Waals surface area contributed by atoms with Crippen LogP contribution in [-0.4, -0.2) is 62.3 Å². The quantitative estimate of drug-likeness (QED) is 0.873. The molecule has 0 spiro atoms. The fraction of sp³-hybridized carbons (Fsp3) is 0.556. The van der Waals surface area contributed by atoms with E-state index in [1.165, 1.54) is 0 Å². The van der Waals surface area contributed by atoms with Crippen LogP contribution < -0.4 is 15.5 Å². The topological polar surface area (TPSA) is 73.9 Å². The van der Waals surface area contributed by atoms with Crippen molar-refractivity contribution in [1.29, 1.82) is 0 Å². The smallest absolute Gasteiger partial charge is 0.319 e. The number of urea groups is 1. The number of nitrogens with zero attached hydrogens (tertiary/aromatic N) is 2. The van der Waals surface area contributed by atoms with Crippen molar-refractivity contribution in [3.63, 3.8) is 0 Å². The zero-order chi connectivity index (χ0) is 17.6. The first-order chi connectivity index (χ1) is 12.1. The molecule has 1 aromatic rings. The van der Waals surface area contributed by atoms with Gasteiger partial charge in [0.2, 0.25) is 5.91 Å². The van der Waals surface area contributed by atoms with Crippen LogP contribution in [-0.2, 0) is 9.53 Å². The van der Waals surface area contributed by atoms with Gasteiger partial charge in [0.15, 0.2) is 0 Å². The number of carbonyl (C=O) groups excluding carboxylic acids is 2. The van der Waals surface area contributed by atoms with E-state index in [0.29, 0.717) is 26.3 Å². The highest BCUT2D eigenvalue weighted by Crippen LogP contribution is 2.26. The number of anilines is 2. The van der Waals surface area contributed by atoms with Gasteiger partial charge < -0.3 is 25.2 Å². The molecule has 3 rings (SSSR count). The Morgan fingerprint density at radius 1 is 1.08 bits per heavy atom. The molecule has 0 atom stereocenters. The van der Waals surface area contributed by atoms with Gasteiger partial charge in [0.05, 0.1) is 24.6 Å². The Hall–Kier alpha value is -2.28. The van der Waals surface area contributed by atoms with E-state index in [-0.39, 0.29) is 18.0 Å². The Morgan fingerprint density at radius 2 is 1.76 bits per heavy atom. The molecule has 1 aromatic carbocycles. The summed E-state index contributed by atoms with van der Waals surface area (Å²) in [5.74, 6) is 0.0994. The SMILES string of the molecule is CC(=O)N1CCC(NC(=O)Nc2ccccc2N2CCOCC2)CC1. The van der Waals surface area contributed by atoms with Crippen molar-refractivity contribution in [3.05, 3.63) is 24.3 Å². The predicted molar refractivity (Wildman–Crippen MR) is 96.9 cm³/mol. The summed E-state index contributed by atoms with van der Waals surface area (Å²) < 4.78 is 5.40. The number of benzene rings is 1. The van der Waals surface area contributed by atoms with Gasteiger partial charge in [-0.1, -0.05) is 12.1 Å². The molecule has 7 nitrogen and oxygen atoms in total. The number of amides is 3. The molecular weight excluding hydrogens is 320 g/mol. The Kier molecular flexibility index (Phi) is 5.75. The third-order valence-electron chi connectivity index (χ3n) is 4.78. The third kappa shape index (κ3) is 4.63. The molecule has 2 aliphatic heterocycles. The lowest BCUT2D eigenvalue weighted by molar-refractivity contribution is -0.129. The zero-order valence-corrected chi connectivity index (χ0v) is 14.7. The van der Waals surface area contributed by atoms with Crippen LogP contribution in [0.4, 0.5) is 16.2 Å². The average molecular weight is 346 g/mol. The summed E-state index contributed by atoms with van der Waals surface area (Å²) in [6.45, 7) is 6.04. The molecule has 0 bridgehead atoms. The van der Waals surface area contributed by atoms with Crippen molar-refractivity contribution < 1.29 is 14.3 Å². The standard InChI is InChI=1S/C18H26N4O3/c1-14(23)21-8-6-15(7-9-21)19-18(24)20-16-4-2-3-5-17(16)22-10-12-25-13-11-22/h2-5,15H,6-13H2,1H3,(H2,19,20,24). The lowest BCUT2D eigenvalue weighted by Gasteiger charge is -2.32. The second-order valence-electron chi connectivity index (χ2n) is 6.50. The Balaban J connectivity index is 1.55. The fourth-order valence-corrected chi connectivity index (χ4v) is 3.34. The van der Waals surface area contributed by atoms with Crippen LogP contribution in [0.3, 0.4) is 0 Å². The number of rotatable bonds is 3. The van der Waals surface area contributed by atoms with E-state index < -0.39 is 0 Å². The molecule has 2 N–H and O–H groups in total. The summed E-state index contributed by atoms with van der Waals surface area (Å²) in [4.78, 5) is 27.8. The highest BCUT2D eigenvalue weighted by atomic mass is 16.5. The third-order valence-corrected chi connectivity index (χ3v) is 4.78. The molecule has 0 saturated carbocycles. The molecule has 0 radical (unpaired) electrons. The first kappa shape index (κ1) is 17.5. The van der Waals surface area contributed by atoms with Gasteiger partial charge in [0.25, 0.3) is 0 Å². The van der Waals surface area contributed by atoms with E-state index in [1.54, 1.807) is 6.92 Å². The van der Waals surface area contributed by atoms with Crippen LogP contribution in [0, 0.1) is 0 Å². The molecule has 3 amide bonds. The van der Waals surface area contributed by atoms with Crippen molar-refractivity contribution >= 4 is 23.3 Å². The van der Waals surface area contributed by atoms with E-state index in [9.17, 15) is 9.59 Å². The predicted octanol–water partition coefficient (Wildman–Crippen LogP) is 1.66. The monoisotopic (exact) mass is 346 g/mol. The molecule has 2 heterocycles. The van der Waals surface area contributed by atoms with E-state index in [1.807, 2.05) is 29.2 Å². The second kappa shape index (κ2) is 8.20. The number of morpholine rings is 1. The molecule has 0 aliphatic carbocycles. The number of para-hydroxylation sites is 2. The number of likely N-dealkylation sites (tertiary alicyclic amines) is 1. The number of ether oxygens (including phenoxy) is 1. The van der Waals surface area contributed by atoms with Gasteiger partial charge in [-0.3, -0.25) is 4.79 Å². The summed E-state index contributed by atoms with van der Waals surface area (Å²) >= 11 is 0. The normalized spacial score (nSPS) is 18.8. The first-order valence-electron chi connectivity index (χ1n) is 8.88. The number of nitrogens with one attached hydrogen (secondary N) is 2. The van der Waals surface area contributed by atoms with Crippen LogP contribution in [0.1, 0.15) is 19.8 Å². The zero-order valence-electron chi connectivity index (χ0n) is 14.7. The maximum absolute atomic E-state index is 12.4. The van der Waals surface area contributed by atoms with Crippen LogP contribution in [0.25, 0.3) is 0 Å². The average Bonchev–Trinajstić information content (AvgIpc) is 2.63. The molecule has 2 fully saturated rings. The van der Waals surface area contributed by atoms with Crippen LogP contribution in [0.5, 0.6) is 0 Å². The van der Waals surface area contributed by atoms with Gasteiger partial charge >= 0.3 is 6.03 Å². The molecule has 0 aromatic heterocycles. The van der Waals surface area contributed by atoms with Crippen molar-refractivity contribution in [2.45, 2.75) is 25.8 Å². The van der Waals surface area contributed by atoms with E-state index in [0.717, 1.165) is 37.3 Å². The molecule has 2 saturated heterocycles. The molecule has 2 aliphatic rings. The van der Waals surface area contributed by atoms with Crippen molar-refractivity contribution in [2.24, 2.45) is 0 Å². The van der Waals surface area contributed by atoms with Gasteiger partial charge in [-0.2, -0.15) is 0 Å². The van der Waals surface area contributed by atoms with Crippen molar-refractivity contribution in [3.8, 4) is 0 Å². The summed E-state index contributed by atoms with van der Waals surface area (Å²) in [6.07, 6.45) is 1.58. The minimum Gasteiger partial charge on any atom is -0.378 e. The highest BCUT2D eigenvalue weighted by Gasteiger charge is 2.22. The summed E-state index contributed by atoms with van der Waals surface area (Å²) in [5.41, 5.74) is 1.83. The van der Waals surface area contributed by atoms with E-state index in [2.05, 4.69) is 15.5 Å². The second-order valence-corrected chi connectivity index (χ2v) is 6.50. The van der Waals surface area contributed by atoms with Gasteiger partial charge in [-0.15, -0.1) is 0 Å². The Morgan fingerprint density at radius 3 is 2.44 bits per heavy atom. The lowest BCUT2D eigenvalue weighted by atomic mass is 10.1. The van der Waals surface area contributed by atoms with Gasteiger partial charge in [0.1, 0.15) is 0 Å². The maximum atomic E-state index is 12.4. The largest absolute Gasteiger partial charge is 0.378 e. The van der Waals surface area contributed by atoms with Crippen molar-refractivity contribution in [1.82, 2.24) is 10.2 Å². The van der Waals surface area contributed by atoms with Crippen molar-refractivity contribution in [2.75, 3.05) is 49.6 Å². The maximum Gasteiger partial charge on any atom is 0.319 e. The van der Waals surface area contributed by atoms with E-state index >= 15 is 0 Å². The minimum atomic E-state index is -0.193. The Bertz CT molecular complexity index is 608. The van der Waals surface area contributed by atoms with E-state index in [4.69, 9.17) is 4.74 Å². The summed E-state index contributed by atoms with van der Waals surface area (Å²) in [6, 6.07) is 7.75. The first-order valence-corrected chi connectivity index (χ1v) is 8.88. The van der Waals surface area contributed by atoms with Gasteiger partial charge in [0, 0.05) is 39.1 Å². The fourth-order valence-electron chi connectivity index (χ4n) is 3.34. The van der Waals surface area contributed by atoms with Crippen LogP contribution in [0.15, 0.2) is 24.3 Å². The Labute approximate surface area is 148 Å². The molecule has 7 heteroatoms. The van der Waals surface area contributed by atoms with Crippen LogP contribution >= 0.6 is 0 Å². The van der Waals surface area contributed by atoms with Gasteiger partial charge in [-0.25, -0.2) is 4.79 Å². The number of piperidine rings is 1. The van der Waals surface area contributed by atoms with Crippen LogP contribution in [0.2, 0.25) is 0 Å². The van der Waals surface area contributed by atoms with Gasteiger partial charge in [-0.05, 0) is 25.0 Å². The molecule has 136 valence electrons. The number of carbonyl (C=O) groups is 2. The molecular formula is C18H26N4O3. The summed E-state index contributed by atoms with van der Waals surface area (Å²) in [7, 11) is 0. The molecule has 25 heavy (non-hydrogen) atoms. The lowest BCUT2D eigenvalue weighted by Crippen LogP contribution is -2.47. The highest BCUT2D eigenvalue weighted by molar-refractivity contribution is 5.93.